The van der Waals surface area contributed by atoms with E-state index in [1.54, 1.807) is 44.3 Å². The molecule has 224 valence electrons. The van der Waals surface area contributed by atoms with Gasteiger partial charge in [-0.3, -0.25) is 4.99 Å². The molecule has 1 fully saturated rings. The van der Waals surface area contributed by atoms with E-state index in [0.717, 1.165) is 25.9 Å². The van der Waals surface area contributed by atoms with E-state index in [2.05, 4.69) is 40.1 Å². The second kappa shape index (κ2) is 15.4. The molecule has 0 aromatic heterocycles. The Labute approximate surface area is 250 Å². The van der Waals surface area contributed by atoms with Crippen molar-refractivity contribution in [2.45, 2.75) is 38.6 Å². The van der Waals surface area contributed by atoms with Crippen LogP contribution in [0.2, 0.25) is 0 Å². The van der Waals surface area contributed by atoms with E-state index in [1.807, 2.05) is 13.0 Å². The second-order valence-electron chi connectivity index (χ2n) is 9.94. The van der Waals surface area contributed by atoms with Crippen LogP contribution in [0.25, 0.3) is 5.70 Å². The number of piperidine rings is 1. The van der Waals surface area contributed by atoms with Crippen LogP contribution in [0.5, 0.6) is 5.75 Å². The summed E-state index contributed by atoms with van der Waals surface area (Å²) in [5.41, 5.74) is 16.6. The Hall–Kier alpha value is -3.81. The number of nitrogens with zero attached hydrogens (tertiary/aromatic N) is 2. The molecule has 1 unspecified atom stereocenters. The predicted molar refractivity (Wildman–Crippen MR) is 169 cm³/mol. The zero-order valence-electron chi connectivity index (χ0n) is 24.4. The van der Waals surface area contributed by atoms with Crippen LogP contribution < -0.4 is 20.9 Å². The van der Waals surface area contributed by atoms with Gasteiger partial charge in [-0.25, -0.2) is 4.39 Å². The minimum absolute atomic E-state index is 0.200. The molecule has 1 atom stereocenters. The fourth-order valence-electron chi connectivity index (χ4n) is 4.54. The largest absolute Gasteiger partial charge is 0.484 e. The molecule has 1 aliphatic heterocycles. The molecule has 3 rings (SSSR count). The van der Waals surface area contributed by atoms with Gasteiger partial charge in [0, 0.05) is 47.3 Å². The number of aliphatic imine (C=N–C) groups is 1. The highest BCUT2D eigenvalue weighted by Crippen LogP contribution is 2.35. The van der Waals surface area contributed by atoms with Gasteiger partial charge in [-0.15, -0.1) is 0 Å². The van der Waals surface area contributed by atoms with Crippen molar-refractivity contribution in [1.29, 1.82) is 0 Å². The lowest BCUT2D eigenvalue weighted by molar-refractivity contribution is 0.228. The smallest absolute Gasteiger partial charge is 0.302 e. The summed E-state index contributed by atoms with van der Waals surface area (Å²) in [5, 5.41) is 0. The van der Waals surface area contributed by atoms with Gasteiger partial charge in [0.2, 0.25) is 0 Å². The molecule has 0 spiro atoms. The average molecular weight is 598 g/mol. The normalized spacial score (nSPS) is 16.4. The first-order valence-electron chi connectivity index (χ1n) is 13.6. The standard InChI is InChI=1S/C32H38F3N5OS/c1-6-23(8-7-22-15-17-40(5)18-16-22)31(38-4)29(20(2)36)30(37)25-11-14-27(39-42-32(34)35)28(19-25)41-21(3)24-9-12-26(33)13-10-24/h6,9-14,19,21-22,32,39H,2,15-18,36-37H2,1,3-5H3/b23-6-,30-29-,38-31?. The van der Waals surface area contributed by atoms with Crippen molar-refractivity contribution in [3.05, 3.63) is 88.9 Å². The van der Waals surface area contributed by atoms with Gasteiger partial charge in [-0.1, -0.05) is 42.7 Å². The highest BCUT2D eigenvalue weighted by Gasteiger charge is 2.20. The molecular weight excluding hydrogens is 559 g/mol. The molecule has 2 aromatic carbocycles. The molecule has 42 heavy (non-hydrogen) atoms. The van der Waals surface area contributed by atoms with E-state index in [1.165, 1.54) is 12.1 Å². The number of nitrogens with one attached hydrogen (secondary N) is 1. The highest BCUT2D eigenvalue weighted by atomic mass is 32.2. The summed E-state index contributed by atoms with van der Waals surface area (Å²) < 4.78 is 48.2. The average Bonchev–Trinajstić information content (AvgIpc) is 2.96. The number of hydrogen-bond donors (Lipinski definition) is 3. The molecule has 0 saturated carbocycles. The summed E-state index contributed by atoms with van der Waals surface area (Å²) in [5.74, 6) is 4.20. The monoisotopic (exact) mass is 597 g/mol. The lowest BCUT2D eigenvalue weighted by Gasteiger charge is -2.25. The highest BCUT2D eigenvalue weighted by molar-refractivity contribution is 8.00. The van der Waals surface area contributed by atoms with Crippen LogP contribution in [0.1, 0.15) is 43.9 Å². The number of likely N-dealkylation sites (tertiary alicyclic amines) is 1. The first kappa shape index (κ1) is 32.7. The summed E-state index contributed by atoms with van der Waals surface area (Å²) in [4.78, 5) is 6.78. The van der Waals surface area contributed by atoms with Crippen LogP contribution in [-0.4, -0.2) is 43.6 Å². The molecule has 5 N–H and O–H groups in total. The molecule has 0 bridgehead atoms. The van der Waals surface area contributed by atoms with Crippen LogP contribution in [-0.2, 0) is 0 Å². The first-order valence-corrected chi connectivity index (χ1v) is 14.5. The zero-order chi connectivity index (χ0) is 30.8. The van der Waals surface area contributed by atoms with Crippen LogP contribution >= 0.6 is 11.9 Å². The summed E-state index contributed by atoms with van der Waals surface area (Å²) in [6.45, 7) is 9.60. The van der Waals surface area contributed by atoms with Crippen molar-refractivity contribution in [1.82, 2.24) is 4.90 Å². The van der Waals surface area contributed by atoms with Crippen molar-refractivity contribution in [2.75, 3.05) is 31.9 Å². The molecule has 1 saturated heterocycles. The van der Waals surface area contributed by atoms with Gasteiger partial charge in [0.25, 0.3) is 0 Å². The minimum atomic E-state index is -2.65. The number of benzene rings is 2. The van der Waals surface area contributed by atoms with E-state index in [0.29, 0.717) is 33.7 Å². The zero-order valence-corrected chi connectivity index (χ0v) is 25.2. The molecule has 10 heteroatoms. The number of hydrogen-bond acceptors (Lipinski definition) is 7. The topological polar surface area (TPSA) is 88.9 Å². The molecule has 1 aliphatic rings. The summed E-state index contributed by atoms with van der Waals surface area (Å²) in [7, 11) is 3.75. The van der Waals surface area contributed by atoms with Crippen molar-refractivity contribution < 1.29 is 17.9 Å². The van der Waals surface area contributed by atoms with Gasteiger partial charge >= 0.3 is 5.76 Å². The van der Waals surface area contributed by atoms with Crippen molar-refractivity contribution in [3.63, 3.8) is 0 Å². The molecule has 2 aromatic rings. The SMILES string of the molecule is C=C(N)/C(C(=NC)/C(C#CC1CCN(C)CC1)=C\C)=C(/N)c1ccc(NSC(F)F)c(OC(C)c2ccc(F)cc2)c1. The van der Waals surface area contributed by atoms with Crippen molar-refractivity contribution in [2.24, 2.45) is 22.4 Å². The van der Waals surface area contributed by atoms with Gasteiger partial charge in [0.15, 0.2) is 0 Å². The Kier molecular flexibility index (Phi) is 12.0. The van der Waals surface area contributed by atoms with Gasteiger partial charge in [-0.2, -0.15) is 8.78 Å². The van der Waals surface area contributed by atoms with Crippen LogP contribution in [0.4, 0.5) is 18.9 Å². The van der Waals surface area contributed by atoms with E-state index in [-0.39, 0.29) is 40.8 Å². The van der Waals surface area contributed by atoms with Crippen molar-refractivity contribution in [3.8, 4) is 17.6 Å². The Balaban J connectivity index is 2.01. The maximum absolute atomic E-state index is 13.4. The number of nitrogens with two attached hydrogens (primary N) is 2. The molecular formula is C32H38F3N5OS. The van der Waals surface area contributed by atoms with Gasteiger partial charge in [0.1, 0.15) is 17.7 Å². The van der Waals surface area contributed by atoms with Crippen LogP contribution in [0.15, 0.2) is 77.0 Å². The lowest BCUT2D eigenvalue weighted by atomic mass is 9.93. The maximum atomic E-state index is 13.4. The fraction of sp³-hybridized carbons (Fsp3) is 0.344. The number of ether oxygens (including phenoxy) is 1. The van der Waals surface area contributed by atoms with Crippen LogP contribution in [0.3, 0.4) is 0 Å². The first-order chi connectivity index (χ1) is 20.0. The lowest BCUT2D eigenvalue weighted by Crippen LogP contribution is -2.29. The summed E-state index contributed by atoms with van der Waals surface area (Å²) >= 11 is 0.247. The minimum Gasteiger partial charge on any atom is -0.484 e. The van der Waals surface area contributed by atoms with E-state index >= 15 is 0 Å². The number of halogens is 3. The summed E-state index contributed by atoms with van der Waals surface area (Å²) in [6, 6.07) is 10.8. The quantitative estimate of drug-likeness (QED) is 0.122. The van der Waals surface area contributed by atoms with Gasteiger partial charge in [-0.05, 0) is 76.7 Å². The Morgan fingerprint density at radius 3 is 2.43 bits per heavy atom. The molecule has 0 amide bonds. The van der Waals surface area contributed by atoms with E-state index in [4.69, 9.17) is 16.2 Å². The van der Waals surface area contributed by atoms with Gasteiger partial charge < -0.3 is 25.8 Å². The molecule has 0 radical (unpaired) electrons. The second-order valence-corrected chi connectivity index (χ2v) is 10.7. The number of rotatable bonds is 10. The van der Waals surface area contributed by atoms with E-state index < -0.39 is 11.9 Å². The Morgan fingerprint density at radius 2 is 1.86 bits per heavy atom. The fourth-order valence-corrected chi connectivity index (χ4v) is 4.92. The predicted octanol–water partition coefficient (Wildman–Crippen LogP) is 6.75. The Morgan fingerprint density at radius 1 is 1.19 bits per heavy atom. The van der Waals surface area contributed by atoms with E-state index in [9.17, 15) is 13.2 Å². The third-order valence-electron chi connectivity index (χ3n) is 6.92. The molecule has 0 aliphatic carbocycles. The maximum Gasteiger partial charge on any atom is 0.302 e. The molecule has 1 heterocycles. The third kappa shape index (κ3) is 8.84. The third-order valence-corrected chi connectivity index (χ3v) is 7.43. The molecule has 6 nitrogen and oxygen atoms in total. The Bertz CT molecular complexity index is 1400. The van der Waals surface area contributed by atoms with Gasteiger partial charge in [0.05, 0.1) is 17.1 Å². The number of anilines is 1. The number of alkyl halides is 2. The van der Waals surface area contributed by atoms with Crippen molar-refractivity contribution >= 4 is 29.0 Å². The summed E-state index contributed by atoms with van der Waals surface area (Å²) in [6.07, 6.45) is 3.34. The number of allylic oxidation sites excluding steroid dienone is 3. The van der Waals surface area contributed by atoms with Crippen LogP contribution in [0, 0.1) is 23.6 Å².